The molecular formula is C11H22N2. The van der Waals surface area contributed by atoms with Gasteiger partial charge in [0.25, 0.3) is 0 Å². The van der Waals surface area contributed by atoms with E-state index in [1.54, 1.807) is 0 Å². The van der Waals surface area contributed by atoms with Crippen molar-refractivity contribution in [3.63, 3.8) is 0 Å². The van der Waals surface area contributed by atoms with Crippen molar-refractivity contribution in [3.05, 3.63) is 12.2 Å². The second-order valence-corrected chi connectivity index (χ2v) is 4.39. The molecule has 1 saturated heterocycles. The summed E-state index contributed by atoms with van der Waals surface area (Å²) in [6.07, 6.45) is 2.54. The van der Waals surface area contributed by atoms with Crippen LogP contribution in [0.2, 0.25) is 0 Å². The maximum absolute atomic E-state index is 3.90. The predicted molar refractivity (Wildman–Crippen MR) is 57.9 cm³/mol. The van der Waals surface area contributed by atoms with Crippen LogP contribution >= 0.6 is 0 Å². The average molecular weight is 182 g/mol. The lowest BCUT2D eigenvalue weighted by Gasteiger charge is -2.35. The molecule has 1 rings (SSSR count). The fourth-order valence-corrected chi connectivity index (χ4v) is 1.79. The Balaban J connectivity index is 2.25. The number of piperidine rings is 1. The molecule has 0 aromatic heterocycles. The molecule has 0 aliphatic carbocycles. The van der Waals surface area contributed by atoms with Gasteiger partial charge >= 0.3 is 0 Å². The predicted octanol–water partition coefficient (Wildman–Crippen LogP) is 1.63. The molecule has 0 amide bonds. The minimum absolute atomic E-state index is 0.697. The summed E-state index contributed by atoms with van der Waals surface area (Å²) in [5, 5.41) is 3.55. The topological polar surface area (TPSA) is 15.3 Å². The molecule has 1 N–H and O–H groups in total. The lowest BCUT2D eigenvalue weighted by Crippen LogP contribution is -2.45. The van der Waals surface area contributed by atoms with Crippen molar-refractivity contribution in [2.24, 2.45) is 0 Å². The Morgan fingerprint density at radius 3 is 2.85 bits per heavy atom. The minimum atomic E-state index is 0.697. The van der Waals surface area contributed by atoms with Gasteiger partial charge in [-0.3, -0.25) is 0 Å². The number of rotatable bonds is 3. The first kappa shape index (κ1) is 10.7. The summed E-state index contributed by atoms with van der Waals surface area (Å²) in [6.45, 7) is 10.5. The van der Waals surface area contributed by atoms with Crippen LogP contribution in [0.25, 0.3) is 0 Å². The van der Waals surface area contributed by atoms with Crippen molar-refractivity contribution in [2.45, 2.75) is 38.8 Å². The third-order valence-corrected chi connectivity index (χ3v) is 2.90. The summed E-state index contributed by atoms with van der Waals surface area (Å²) in [7, 11) is 2.21. The monoisotopic (exact) mass is 182 g/mol. The highest BCUT2D eigenvalue weighted by molar-refractivity contribution is 4.93. The van der Waals surface area contributed by atoms with Gasteiger partial charge in [-0.25, -0.2) is 0 Å². The van der Waals surface area contributed by atoms with E-state index in [-0.39, 0.29) is 0 Å². The van der Waals surface area contributed by atoms with Crippen LogP contribution in [0, 0.1) is 0 Å². The molecule has 2 heteroatoms. The van der Waals surface area contributed by atoms with Gasteiger partial charge in [-0.05, 0) is 40.3 Å². The van der Waals surface area contributed by atoms with E-state index in [1.807, 2.05) is 0 Å². The molecule has 1 aliphatic heterocycles. The molecule has 76 valence electrons. The maximum Gasteiger partial charge on any atom is 0.0161 e. The van der Waals surface area contributed by atoms with Gasteiger partial charge in [0.1, 0.15) is 0 Å². The fourth-order valence-electron chi connectivity index (χ4n) is 1.79. The Morgan fingerprint density at radius 2 is 2.31 bits per heavy atom. The van der Waals surface area contributed by atoms with Crippen molar-refractivity contribution in [1.29, 1.82) is 0 Å². The summed E-state index contributed by atoms with van der Waals surface area (Å²) in [5.41, 5.74) is 1.23. The molecule has 0 aromatic rings. The average Bonchev–Trinajstić information content (AvgIpc) is 2.07. The number of nitrogens with zero attached hydrogens (tertiary/aromatic N) is 1. The van der Waals surface area contributed by atoms with Crippen LogP contribution in [0.15, 0.2) is 12.2 Å². The molecule has 0 spiro atoms. The molecule has 1 fully saturated rings. The van der Waals surface area contributed by atoms with E-state index >= 15 is 0 Å². The standard InChI is InChI=1S/C11H22N2/c1-9(2)8-12-11-5-6-13(4)10(3)7-11/h10-12H,1,5-8H2,2-4H3. The van der Waals surface area contributed by atoms with E-state index in [0.29, 0.717) is 6.04 Å². The van der Waals surface area contributed by atoms with Crippen LogP contribution < -0.4 is 5.32 Å². The van der Waals surface area contributed by atoms with Gasteiger partial charge in [0.05, 0.1) is 0 Å². The van der Waals surface area contributed by atoms with E-state index in [1.165, 1.54) is 25.0 Å². The van der Waals surface area contributed by atoms with Crippen LogP contribution in [0.4, 0.5) is 0 Å². The van der Waals surface area contributed by atoms with Crippen molar-refractivity contribution < 1.29 is 0 Å². The largest absolute Gasteiger partial charge is 0.310 e. The molecule has 0 aromatic carbocycles. The van der Waals surface area contributed by atoms with Crippen molar-refractivity contribution in [3.8, 4) is 0 Å². The molecule has 13 heavy (non-hydrogen) atoms. The molecule has 1 aliphatic rings. The first-order chi connectivity index (χ1) is 6.09. The number of hydrogen-bond acceptors (Lipinski definition) is 2. The summed E-state index contributed by atoms with van der Waals surface area (Å²) >= 11 is 0. The Hall–Kier alpha value is -0.340. The first-order valence-corrected chi connectivity index (χ1v) is 5.17. The van der Waals surface area contributed by atoms with Gasteiger partial charge in [0.15, 0.2) is 0 Å². The normalized spacial score (nSPS) is 30.4. The maximum atomic E-state index is 3.90. The van der Waals surface area contributed by atoms with Gasteiger partial charge in [-0.15, -0.1) is 0 Å². The van der Waals surface area contributed by atoms with Crippen LogP contribution in [0.1, 0.15) is 26.7 Å². The van der Waals surface area contributed by atoms with Crippen molar-refractivity contribution >= 4 is 0 Å². The minimum Gasteiger partial charge on any atom is -0.310 e. The third-order valence-electron chi connectivity index (χ3n) is 2.90. The van der Waals surface area contributed by atoms with Crippen LogP contribution in [0.5, 0.6) is 0 Å². The summed E-state index contributed by atoms with van der Waals surface area (Å²) < 4.78 is 0. The Morgan fingerprint density at radius 1 is 1.62 bits per heavy atom. The SMILES string of the molecule is C=C(C)CNC1CCN(C)C(C)C1. The van der Waals surface area contributed by atoms with Crippen LogP contribution in [-0.4, -0.2) is 37.1 Å². The van der Waals surface area contributed by atoms with E-state index in [0.717, 1.165) is 12.6 Å². The van der Waals surface area contributed by atoms with Gasteiger partial charge < -0.3 is 10.2 Å². The van der Waals surface area contributed by atoms with E-state index in [9.17, 15) is 0 Å². The highest BCUT2D eigenvalue weighted by Gasteiger charge is 2.21. The molecule has 2 unspecified atom stereocenters. The summed E-state index contributed by atoms with van der Waals surface area (Å²) in [6, 6.07) is 1.42. The summed E-state index contributed by atoms with van der Waals surface area (Å²) in [4.78, 5) is 2.43. The molecular weight excluding hydrogens is 160 g/mol. The lowest BCUT2D eigenvalue weighted by atomic mass is 9.99. The third kappa shape index (κ3) is 3.49. The zero-order valence-corrected chi connectivity index (χ0v) is 9.14. The van der Waals surface area contributed by atoms with Crippen molar-refractivity contribution in [2.75, 3.05) is 20.1 Å². The van der Waals surface area contributed by atoms with Crippen LogP contribution in [0.3, 0.4) is 0 Å². The molecule has 1 heterocycles. The molecule has 0 saturated carbocycles. The van der Waals surface area contributed by atoms with Crippen LogP contribution in [-0.2, 0) is 0 Å². The molecule has 2 atom stereocenters. The number of likely N-dealkylation sites (tertiary alicyclic amines) is 1. The smallest absolute Gasteiger partial charge is 0.0161 e. The van der Waals surface area contributed by atoms with E-state index < -0.39 is 0 Å². The van der Waals surface area contributed by atoms with E-state index in [2.05, 4.69) is 37.7 Å². The second kappa shape index (κ2) is 4.77. The highest BCUT2D eigenvalue weighted by atomic mass is 15.1. The highest BCUT2D eigenvalue weighted by Crippen LogP contribution is 2.15. The Kier molecular flexibility index (Phi) is 3.94. The van der Waals surface area contributed by atoms with Gasteiger partial charge in [-0.1, -0.05) is 12.2 Å². The second-order valence-electron chi connectivity index (χ2n) is 4.39. The zero-order chi connectivity index (χ0) is 9.84. The number of nitrogens with one attached hydrogen (secondary N) is 1. The number of hydrogen-bond donors (Lipinski definition) is 1. The summed E-state index contributed by atoms with van der Waals surface area (Å²) in [5.74, 6) is 0. The van der Waals surface area contributed by atoms with Gasteiger partial charge in [0.2, 0.25) is 0 Å². The van der Waals surface area contributed by atoms with Crippen molar-refractivity contribution in [1.82, 2.24) is 10.2 Å². The van der Waals surface area contributed by atoms with Gasteiger partial charge in [0, 0.05) is 18.6 Å². The Bertz CT molecular complexity index is 177. The molecule has 2 nitrogen and oxygen atoms in total. The Labute approximate surface area is 82.0 Å². The fraction of sp³-hybridized carbons (Fsp3) is 0.818. The van der Waals surface area contributed by atoms with Gasteiger partial charge in [-0.2, -0.15) is 0 Å². The molecule has 0 radical (unpaired) electrons. The quantitative estimate of drug-likeness (QED) is 0.667. The zero-order valence-electron chi connectivity index (χ0n) is 9.14. The first-order valence-electron chi connectivity index (χ1n) is 5.17. The van der Waals surface area contributed by atoms with E-state index in [4.69, 9.17) is 0 Å². The lowest BCUT2D eigenvalue weighted by molar-refractivity contribution is 0.170. The molecule has 0 bridgehead atoms.